The van der Waals surface area contributed by atoms with Crippen LogP contribution in [0, 0.1) is 5.82 Å². The van der Waals surface area contributed by atoms with Crippen LogP contribution in [0.15, 0.2) is 47.8 Å². The molecule has 0 saturated heterocycles. The van der Waals surface area contributed by atoms with Crippen LogP contribution >= 0.6 is 0 Å². The molecule has 0 radical (unpaired) electrons. The van der Waals surface area contributed by atoms with Crippen molar-refractivity contribution in [2.75, 3.05) is 25.3 Å². The Morgan fingerprint density at radius 1 is 1.18 bits per heavy atom. The molecule has 7 nitrogen and oxygen atoms in total. The van der Waals surface area contributed by atoms with Crippen LogP contribution in [0.1, 0.15) is 25.7 Å². The Bertz CT molecular complexity index is 1110. The van der Waals surface area contributed by atoms with Crippen molar-refractivity contribution < 1.29 is 18.4 Å². The van der Waals surface area contributed by atoms with Gasteiger partial charge in [0.05, 0.1) is 34.9 Å². The van der Waals surface area contributed by atoms with Crippen molar-refractivity contribution in [2.45, 2.75) is 49.5 Å². The lowest BCUT2D eigenvalue weighted by Crippen LogP contribution is -2.28. The minimum atomic E-state index is -1.33. The summed E-state index contributed by atoms with van der Waals surface area (Å²) in [6, 6.07) is 10.3. The van der Waals surface area contributed by atoms with Gasteiger partial charge in [0.2, 0.25) is 0 Å². The second kappa shape index (κ2) is 10.5. The molecule has 2 aromatic heterocycles. The molecule has 2 N–H and O–H groups in total. The van der Waals surface area contributed by atoms with E-state index in [0.717, 1.165) is 48.3 Å². The van der Waals surface area contributed by atoms with Crippen molar-refractivity contribution >= 4 is 16.6 Å². The molecule has 1 saturated carbocycles. The monoisotopic (exact) mass is 472 g/mol. The fourth-order valence-electron chi connectivity index (χ4n) is 4.23. The van der Waals surface area contributed by atoms with Crippen LogP contribution in [0.3, 0.4) is 0 Å². The lowest BCUT2D eigenvalue weighted by atomic mass is 9.93. The number of benzene rings is 1. The first-order valence-corrected chi connectivity index (χ1v) is 12.6. The summed E-state index contributed by atoms with van der Waals surface area (Å²) in [5, 5.41) is 13.7. The van der Waals surface area contributed by atoms with E-state index in [0.29, 0.717) is 24.0 Å². The minimum Gasteiger partial charge on any atom is -0.393 e. The maximum atomic E-state index is 13.6. The Morgan fingerprint density at radius 3 is 2.58 bits per heavy atom. The molecule has 0 bridgehead atoms. The Hall–Kier alpha value is -2.62. The normalized spacial score (nSPS) is 19.4. The molecule has 0 spiro atoms. The van der Waals surface area contributed by atoms with E-state index in [4.69, 9.17) is 9.72 Å². The minimum absolute atomic E-state index is 0.218. The summed E-state index contributed by atoms with van der Waals surface area (Å²) >= 11 is 0. The van der Waals surface area contributed by atoms with Crippen molar-refractivity contribution in [3.63, 3.8) is 0 Å². The van der Waals surface area contributed by atoms with E-state index < -0.39 is 10.8 Å². The Morgan fingerprint density at radius 2 is 1.91 bits per heavy atom. The number of aliphatic hydroxyl groups is 1. The maximum Gasteiger partial charge on any atom is 0.199 e. The van der Waals surface area contributed by atoms with Gasteiger partial charge in [-0.1, -0.05) is 0 Å². The number of nitrogens with one attached hydrogen (secondary N) is 1. The zero-order chi connectivity index (χ0) is 23.4. The summed E-state index contributed by atoms with van der Waals surface area (Å²) in [4.78, 5) is 9.20. The number of anilines is 1. The lowest BCUT2D eigenvalue weighted by molar-refractivity contribution is 0.126. The van der Waals surface area contributed by atoms with E-state index in [9.17, 15) is 13.7 Å². The van der Waals surface area contributed by atoms with Gasteiger partial charge in [-0.2, -0.15) is 0 Å². The van der Waals surface area contributed by atoms with Gasteiger partial charge in [-0.25, -0.2) is 14.4 Å². The fourth-order valence-corrected chi connectivity index (χ4v) is 4.94. The molecule has 1 aromatic carbocycles. The summed E-state index contributed by atoms with van der Waals surface area (Å²) < 4.78 is 33.3. The lowest BCUT2D eigenvalue weighted by Gasteiger charge is -2.26. The van der Waals surface area contributed by atoms with Crippen LogP contribution in [0.25, 0.3) is 22.5 Å². The number of nitrogens with zero attached hydrogens (tertiary/aromatic N) is 3. The van der Waals surface area contributed by atoms with E-state index in [-0.39, 0.29) is 18.0 Å². The van der Waals surface area contributed by atoms with Crippen LogP contribution in [0.5, 0.6) is 0 Å². The van der Waals surface area contributed by atoms with Gasteiger partial charge in [0.1, 0.15) is 11.6 Å². The Kier molecular flexibility index (Phi) is 7.52. The highest BCUT2D eigenvalue weighted by Gasteiger charge is 2.23. The number of methoxy groups -OCH3 is 1. The number of aliphatic hydroxyl groups excluding tert-OH is 1. The number of hydrogen-bond acceptors (Lipinski definition) is 6. The number of hydrogen-bond donors (Lipinski definition) is 2. The van der Waals surface area contributed by atoms with Gasteiger partial charge in [-0.3, -0.25) is 4.21 Å². The van der Waals surface area contributed by atoms with E-state index in [2.05, 4.69) is 10.3 Å². The number of halogens is 1. The summed E-state index contributed by atoms with van der Waals surface area (Å²) in [6.45, 7) is 0.900. The molecule has 2 heterocycles. The zero-order valence-electron chi connectivity index (χ0n) is 18.8. The largest absolute Gasteiger partial charge is 0.393 e. The predicted molar refractivity (Wildman–Crippen MR) is 127 cm³/mol. The third-order valence-electron chi connectivity index (χ3n) is 5.91. The van der Waals surface area contributed by atoms with Crippen molar-refractivity contribution in [3.05, 3.63) is 48.4 Å². The zero-order valence-corrected chi connectivity index (χ0v) is 19.6. The summed E-state index contributed by atoms with van der Waals surface area (Å²) in [7, 11) is 0.288. The van der Waals surface area contributed by atoms with Gasteiger partial charge >= 0.3 is 0 Å². The SMILES string of the molecule is COCCn1c(S(C)=O)nc(-c2ccc(F)cc2)c1-c1ccnc(NC2CCC(O)CC2)c1. The average Bonchev–Trinajstić information content (AvgIpc) is 3.19. The van der Waals surface area contributed by atoms with Crippen molar-refractivity contribution in [2.24, 2.45) is 0 Å². The summed E-state index contributed by atoms with van der Waals surface area (Å²) in [5.41, 5.74) is 3.02. The number of imidazole rings is 1. The first kappa shape index (κ1) is 23.5. The van der Waals surface area contributed by atoms with E-state index in [1.165, 1.54) is 12.1 Å². The van der Waals surface area contributed by atoms with Gasteiger partial charge in [-0.15, -0.1) is 0 Å². The smallest absolute Gasteiger partial charge is 0.199 e. The second-order valence-electron chi connectivity index (χ2n) is 8.28. The first-order chi connectivity index (χ1) is 16.0. The second-order valence-corrected chi connectivity index (χ2v) is 9.55. The van der Waals surface area contributed by atoms with Gasteiger partial charge in [0, 0.05) is 43.3 Å². The number of pyridine rings is 1. The molecule has 9 heteroatoms. The molecule has 1 atom stereocenters. The molecule has 1 aliphatic carbocycles. The van der Waals surface area contributed by atoms with Crippen LogP contribution < -0.4 is 5.32 Å². The van der Waals surface area contributed by atoms with Crippen LogP contribution in [-0.4, -0.2) is 56.0 Å². The molecule has 1 aliphatic rings. The van der Waals surface area contributed by atoms with Gasteiger partial charge < -0.3 is 19.7 Å². The summed E-state index contributed by atoms with van der Waals surface area (Å²) in [5.74, 6) is 0.406. The highest BCUT2D eigenvalue weighted by atomic mass is 32.2. The van der Waals surface area contributed by atoms with E-state index >= 15 is 0 Å². The Labute approximate surface area is 195 Å². The molecule has 1 unspecified atom stereocenters. The molecular weight excluding hydrogens is 443 g/mol. The summed E-state index contributed by atoms with van der Waals surface area (Å²) in [6.07, 6.45) is 6.45. The topological polar surface area (TPSA) is 89.3 Å². The fraction of sp³-hybridized carbons (Fsp3) is 0.417. The maximum absolute atomic E-state index is 13.6. The number of ether oxygens (including phenoxy) is 1. The van der Waals surface area contributed by atoms with E-state index in [1.54, 1.807) is 31.7 Å². The van der Waals surface area contributed by atoms with Crippen molar-refractivity contribution in [3.8, 4) is 22.5 Å². The standard InChI is InChI=1S/C24H29FN4O3S/c1-32-14-13-29-23(22(28-24(29)33(2)31)16-3-5-18(25)6-4-16)17-11-12-26-21(15-17)27-19-7-9-20(30)10-8-19/h3-6,11-12,15,19-20,30H,7-10,13-14H2,1-2H3,(H,26,27). The highest BCUT2D eigenvalue weighted by Crippen LogP contribution is 2.35. The first-order valence-electron chi connectivity index (χ1n) is 11.1. The molecular formula is C24H29FN4O3S. The van der Waals surface area contributed by atoms with E-state index in [1.807, 2.05) is 16.7 Å². The third-order valence-corrected chi connectivity index (χ3v) is 6.73. The van der Waals surface area contributed by atoms with Gasteiger partial charge in [0.25, 0.3) is 0 Å². The molecule has 1 fully saturated rings. The molecule has 3 aromatic rings. The highest BCUT2D eigenvalue weighted by molar-refractivity contribution is 7.84. The van der Waals surface area contributed by atoms with Crippen LogP contribution in [-0.2, 0) is 22.1 Å². The number of rotatable bonds is 8. The predicted octanol–water partition coefficient (Wildman–Crippen LogP) is 3.85. The molecule has 33 heavy (non-hydrogen) atoms. The quantitative estimate of drug-likeness (QED) is 0.518. The van der Waals surface area contributed by atoms with Crippen LogP contribution in [0.4, 0.5) is 10.2 Å². The van der Waals surface area contributed by atoms with Gasteiger partial charge in [0.15, 0.2) is 5.16 Å². The molecule has 0 aliphatic heterocycles. The van der Waals surface area contributed by atoms with Crippen molar-refractivity contribution in [1.29, 1.82) is 0 Å². The molecule has 0 amide bonds. The Balaban J connectivity index is 1.77. The third kappa shape index (κ3) is 5.48. The number of aromatic nitrogens is 3. The van der Waals surface area contributed by atoms with Crippen molar-refractivity contribution in [1.82, 2.24) is 14.5 Å². The van der Waals surface area contributed by atoms with Gasteiger partial charge in [-0.05, 0) is 62.1 Å². The molecule has 4 rings (SSSR count). The molecule has 176 valence electrons. The average molecular weight is 473 g/mol. The van der Waals surface area contributed by atoms with Crippen LogP contribution in [0.2, 0.25) is 0 Å².